The molecule has 0 aromatic heterocycles. The maximum absolute atomic E-state index is 3.89. The Morgan fingerprint density at radius 3 is 3.22 bits per heavy atom. The molecule has 1 aliphatic heterocycles. The molecule has 0 bridgehead atoms. The zero-order chi connectivity index (χ0) is 6.53. The molecule has 0 amide bonds. The molecule has 0 spiro atoms. The molecule has 0 saturated heterocycles. The lowest BCUT2D eigenvalue weighted by Crippen LogP contribution is -2.08. The predicted molar refractivity (Wildman–Crippen MR) is 39.6 cm³/mol. The summed E-state index contributed by atoms with van der Waals surface area (Å²) in [4.78, 5) is 3.89. The number of rotatable bonds is 1. The van der Waals surface area contributed by atoms with Gasteiger partial charge in [0.25, 0.3) is 0 Å². The van der Waals surface area contributed by atoms with Gasteiger partial charge in [-0.15, -0.1) is 0 Å². The lowest BCUT2D eigenvalue weighted by Gasteiger charge is -2.01. The molecule has 1 N–H and O–H groups in total. The molecule has 2 nitrogen and oxygen atoms in total. The Kier molecular flexibility index (Phi) is 2.07. The highest BCUT2D eigenvalue weighted by Gasteiger charge is 1.89. The fourth-order valence-electron chi connectivity index (χ4n) is 0.713. The van der Waals surface area contributed by atoms with Crippen LogP contribution in [0, 0.1) is 0 Å². The van der Waals surface area contributed by atoms with Gasteiger partial charge in [-0.3, -0.25) is 4.99 Å². The van der Waals surface area contributed by atoms with Crippen molar-refractivity contribution in [2.24, 2.45) is 4.99 Å². The van der Waals surface area contributed by atoms with Crippen molar-refractivity contribution in [3.05, 3.63) is 23.9 Å². The molecule has 0 unspecified atom stereocenters. The van der Waals surface area contributed by atoms with E-state index in [4.69, 9.17) is 0 Å². The van der Waals surface area contributed by atoms with E-state index in [2.05, 4.69) is 16.4 Å². The molecule has 0 aromatic rings. The van der Waals surface area contributed by atoms with Crippen LogP contribution in [0.4, 0.5) is 0 Å². The van der Waals surface area contributed by atoms with Crippen LogP contribution in [0.25, 0.3) is 0 Å². The zero-order valence-corrected chi connectivity index (χ0v) is 5.46. The zero-order valence-electron chi connectivity index (χ0n) is 5.46. The Balaban J connectivity index is 2.58. The highest BCUT2D eigenvalue weighted by molar-refractivity contribution is 5.82. The summed E-state index contributed by atoms with van der Waals surface area (Å²) in [6.07, 6.45) is 7.86. The lowest BCUT2D eigenvalue weighted by atomic mass is 10.2. The molecule has 0 radical (unpaired) electrons. The summed E-state index contributed by atoms with van der Waals surface area (Å²) in [5, 5.41) is 3.05. The van der Waals surface area contributed by atoms with E-state index < -0.39 is 0 Å². The normalized spacial score (nSPS) is 17.7. The Bertz CT molecular complexity index is 162. The number of allylic oxidation sites excluding steroid dienone is 2. The first-order valence-electron chi connectivity index (χ1n) is 2.96. The minimum atomic E-state index is 0.915. The van der Waals surface area contributed by atoms with E-state index in [1.807, 2.05) is 18.5 Å². The van der Waals surface area contributed by atoms with E-state index in [0.29, 0.717) is 0 Å². The van der Waals surface area contributed by atoms with Crippen LogP contribution >= 0.6 is 0 Å². The smallest absolute Gasteiger partial charge is 0.0334 e. The van der Waals surface area contributed by atoms with Crippen molar-refractivity contribution in [3.63, 3.8) is 0 Å². The molecule has 1 rings (SSSR count). The van der Waals surface area contributed by atoms with Crippen LogP contribution in [0.15, 0.2) is 28.9 Å². The molecular formula is C7H10N2. The first-order chi connectivity index (χ1) is 4.43. The van der Waals surface area contributed by atoms with E-state index >= 15 is 0 Å². The average molecular weight is 122 g/mol. The molecule has 2 heteroatoms. The van der Waals surface area contributed by atoms with Crippen LogP contribution in [-0.4, -0.2) is 19.8 Å². The van der Waals surface area contributed by atoms with Crippen molar-refractivity contribution in [2.45, 2.75) is 0 Å². The third kappa shape index (κ3) is 1.72. The Labute approximate surface area is 55.0 Å². The van der Waals surface area contributed by atoms with Crippen LogP contribution in [0.1, 0.15) is 0 Å². The maximum Gasteiger partial charge on any atom is 0.0334 e. The molecule has 48 valence electrons. The van der Waals surface area contributed by atoms with Gasteiger partial charge >= 0.3 is 0 Å². The quantitative estimate of drug-likeness (QED) is 0.509. The van der Waals surface area contributed by atoms with Gasteiger partial charge in [-0.25, -0.2) is 0 Å². The van der Waals surface area contributed by atoms with Crippen LogP contribution in [0.2, 0.25) is 0 Å². The lowest BCUT2D eigenvalue weighted by molar-refractivity contribution is 0.967. The molecule has 0 saturated carbocycles. The standard InChI is InChI=1S/C7H10N2/c1-8-6-7-2-4-9-5-3-7/h2-4,6,9H,5H2,1H3. The topological polar surface area (TPSA) is 24.4 Å². The highest BCUT2D eigenvalue weighted by atomic mass is 14.8. The molecule has 9 heavy (non-hydrogen) atoms. The van der Waals surface area contributed by atoms with Gasteiger partial charge in [0.05, 0.1) is 0 Å². The minimum absolute atomic E-state index is 0.915. The number of nitrogens with zero attached hydrogens (tertiary/aromatic N) is 1. The molecule has 0 aromatic carbocycles. The van der Waals surface area contributed by atoms with Crippen molar-refractivity contribution in [1.29, 1.82) is 0 Å². The van der Waals surface area contributed by atoms with Gasteiger partial charge in [0, 0.05) is 19.8 Å². The SMILES string of the molecule is CN=CC1=CCNC=C1. The second kappa shape index (κ2) is 3.07. The van der Waals surface area contributed by atoms with Crippen LogP contribution < -0.4 is 5.32 Å². The molecule has 0 atom stereocenters. The van der Waals surface area contributed by atoms with E-state index in [-0.39, 0.29) is 0 Å². The summed E-state index contributed by atoms with van der Waals surface area (Å²) >= 11 is 0. The Morgan fingerprint density at radius 2 is 2.67 bits per heavy atom. The van der Waals surface area contributed by atoms with Crippen molar-refractivity contribution in [3.8, 4) is 0 Å². The van der Waals surface area contributed by atoms with Crippen LogP contribution in [0.5, 0.6) is 0 Å². The summed E-state index contributed by atoms with van der Waals surface area (Å²) in [6, 6.07) is 0. The number of nitrogens with one attached hydrogen (secondary N) is 1. The van der Waals surface area contributed by atoms with Gasteiger partial charge in [0.1, 0.15) is 0 Å². The first kappa shape index (κ1) is 6.08. The maximum atomic E-state index is 3.89. The van der Waals surface area contributed by atoms with Gasteiger partial charge < -0.3 is 5.32 Å². The second-order valence-electron chi connectivity index (χ2n) is 1.83. The third-order valence-electron chi connectivity index (χ3n) is 1.13. The van der Waals surface area contributed by atoms with Crippen molar-refractivity contribution in [2.75, 3.05) is 13.6 Å². The summed E-state index contributed by atoms with van der Waals surface area (Å²) in [5.41, 5.74) is 1.18. The van der Waals surface area contributed by atoms with Gasteiger partial charge in [-0.05, 0) is 17.8 Å². The second-order valence-corrected chi connectivity index (χ2v) is 1.83. The summed E-state index contributed by atoms with van der Waals surface area (Å²) in [6.45, 7) is 0.915. The van der Waals surface area contributed by atoms with Gasteiger partial charge in [-0.2, -0.15) is 0 Å². The van der Waals surface area contributed by atoms with Crippen molar-refractivity contribution >= 4 is 6.21 Å². The van der Waals surface area contributed by atoms with E-state index in [0.717, 1.165) is 6.54 Å². The van der Waals surface area contributed by atoms with Crippen molar-refractivity contribution < 1.29 is 0 Å². The van der Waals surface area contributed by atoms with Gasteiger partial charge in [0.15, 0.2) is 0 Å². The highest BCUT2D eigenvalue weighted by Crippen LogP contribution is 1.94. The fraction of sp³-hybridized carbons (Fsp3) is 0.286. The number of hydrogen-bond donors (Lipinski definition) is 1. The summed E-state index contributed by atoms with van der Waals surface area (Å²) in [5.74, 6) is 0. The average Bonchev–Trinajstić information content (AvgIpc) is 1.91. The molecule has 1 heterocycles. The summed E-state index contributed by atoms with van der Waals surface area (Å²) in [7, 11) is 1.77. The summed E-state index contributed by atoms with van der Waals surface area (Å²) < 4.78 is 0. The number of hydrogen-bond acceptors (Lipinski definition) is 2. The largest absolute Gasteiger partial charge is 0.387 e. The van der Waals surface area contributed by atoms with Crippen molar-refractivity contribution in [1.82, 2.24) is 5.32 Å². The van der Waals surface area contributed by atoms with Crippen LogP contribution in [0.3, 0.4) is 0 Å². The Morgan fingerprint density at radius 1 is 1.78 bits per heavy atom. The number of dihydropyridines is 1. The number of aliphatic imine (C=N–C) groups is 1. The van der Waals surface area contributed by atoms with Crippen LogP contribution in [-0.2, 0) is 0 Å². The third-order valence-corrected chi connectivity index (χ3v) is 1.13. The Hall–Kier alpha value is -1.05. The molecule has 0 fully saturated rings. The molecule has 1 aliphatic rings. The molecule has 0 aliphatic carbocycles. The van der Waals surface area contributed by atoms with E-state index in [9.17, 15) is 0 Å². The minimum Gasteiger partial charge on any atom is -0.387 e. The predicted octanol–water partition coefficient (Wildman–Crippen LogP) is 0.730. The van der Waals surface area contributed by atoms with Gasteiger partial charge in [-0.1, -0.05) is 6.08 Å². The van der Waals surface area contributed by atoms with E-state index in [1.165, 1.54) is 5.57 Å². The first-order valence-corrected chi connectivity index (χ1v) is 2.96. The van der Waals surface area contributed by atoms with E-state index in [1.54, 1.807) is 7.05 Å². The fourth-order valence-corrected chi connectivity index (χ4v) is 0.713. The molecular weight excluding hydrogens is 112 g/mol. The monoisotopic (exact) mass is 122 g/mol. The van der Waals surface area contributed by atoms with Gasteiger partial charge in [0.2, 0.25) is 0 Å².